The Labute approximate surface area is 153 Å². The number of pyridine rings is 2. The van der Waals surface area contributed by atoms with Crippen LogP contribution in [0, 0.1) is 6.92 Å². The van der Waals surface area contributed by atoms with Crippen LogP contribution >= 0.6 is 0 Å². The summed E-state index contributed by atoms with van der Waals surface area (Å²) in [5.41, 5.74) is 7.36. The van der Waals surface area contributed by atoms with Gasteiger partial charge in [0.05, 0.1) is 11.1 Å². The van der Waals surface area contributed by atoms with E-state index in [0.29, 0.717) is 32.4 Å². The Morgan fingerprint density at radius 2 is 2.35 bits per heavy atom. The lowest BCUT2D eigenvalue weighted by Crippen LogP contribution is -2.54. The van der Waals surface area contributed by atoms with Crippen molar-refractivity contribution in [1.82, 2.24) is 15.3 Å². The van der Waals surface area contributed by atoms with Crippen LogP contribution < -0.4 is 16.0 Å². The van der Waals surface area contributed by atoms with Crippen LogP contribution in [0.2, 0.25) is 0 Å². The third-order valence-electron chi connectivity index (χ3n) is 4.84. The van der Waals surface area contributed by atoms with Crippen LogP contribution in [0.15, 0.2) is 24.5 Å². The topological polar surface area (TPSA) is 104 Å². The second-order valence-corrected chi connectivity index (χ2v) is 7.09. The molecule has 4 N–H and O–H groups in total. The summed E-state index contributed by atoms with van der Waals surface area (Å²) < 4.78 is 0. The molecule has 0 aromatic carbocycles. The molecule has 0 saturated carbocycles. The molecule has 1 saturated heterocycles. The third-order valence-corrected chi connectivity index (χ3v) is 4.84. The molecule has 3 rings (SSSR count). The number of carbonyl (C=O) groups excluding carboxylic acids is 1. The number of hydrogen-bond donors (Lipinski definition) is 3. The summed E-state index contributed by atoms with van der Waals surface area (Å²) in [5.74, 6) is -0.0598. The lowest BCUT2D eigenvalue weighted by atomic mass is 9.92. The molecule has 0 spiro atoms. The Kier molecular flexibility index (Phi) is 5.68. The summed E-state index contributed by atoms with van der Waals surface area (Å²) in [5, 5.41) is 14.8. The Bertz CT molecular complexity index is 782. The highest BCUT2D eigenvalue weighted by molar-refractivity contribution is 5.91. The van der Waals surface area contributed by atoms with Crippen molar-refractivity contribution in [2.75, 3.05) is 31.1 Å². The van der Waals surface area contributed by atoms with E-state index in [9.17, 15) is 9.90 Å². The van der Waals surface area contributed by atoms with Gasteiger partial charge in [0.2, 0.25) is 5.91 Å². The fraction of sp³-hybridized carbons (Fsp3) is 0.526. The maximum Gasteiger partial charge on any atom is 0.220 e. The van der Waals surface area contributed by atoms with Gasteiger partial charge >= 0.3 is 0 Å². The average Bonchev–Trinajstić information content (AvgIpc) is 2.64. The van der Waals surface area contributed by atoms with E-state index in [4.69, 9.17) is 5.73 Å². The molecular formula is C19H27N5O2. The second-order valence-electron chi connectivity index (χ2n) is 7.09. The highest BCUT2D eigenvalue weighted by Crippen LogP contribution is 2.31. The van der Waals surface area contributed by atoms with E-state index in [1.54, 1.807) is 6.20 Å². The molecular weight excluding hydrogens is 330 g/mol. The molecule has 0 aliphatic carbocycles. The number of aromatic nitrogens is 2. The Hall–Kier alpha value is -2.25. The Balaban J connectivity index is 1.75. The van der Waals surface area contributed by atoms with Crippen molar-refractivity contribution in [3.63, 3.8) is 0 Å². The predicted molar refractivity (Wildman–Crippen MR) is 102 cm³/mol. The number of nitrogens with one attached hydrogen (secondary N) is 1. The van der Waals surface area contributed by atoms with Gasteiger partial charge in [0.1, 0.15) is 0 Å². The van der Waals surface area contributed by atoms with Crippen molar-refractivity contribution in [1.29, 1.82) is 0 Å². The minimum atomic E-state index is -0.942. The van der Waals surface area contributed by atoms with E-state index in [-0.39, 0.29) is 12.5 Å². The molecule has 0 bridgehead atoms. The number of amides is 1. The molecule has 1 aliphatic heterocycles. The average molecular weight is 357 g/mol. The zero-order valence-corrected chi connectivity index (χ0v) is 15.2. The number of carbonyl (C=O) groups is 1. The lowest BCUT2D eigenvalue weighted by Gasteiger charge is -2.41. The monoisotopic (exact) mass is 357 g/mol. The summed E-state index contributed by atoms with van der Waals surface area (Å²) in [6, 6.07) is 3.94. The van der Waals surface area contributed by atoms with Gasteiger partial charge in [0, 0.05) is 55.2 Å². The summed E-state index contributed by atoms with van der Waals surface area (Å²) >= 11 is 0. The molecule has 1 aliphatic rings. The molecule has 7 heteroatoms. The van der Waals surface area contributed by atoms with Crippen molar-refractivity contribution in [2.45, 2.75) is 38.2 Å². The van der Waals surface area contributed by atoms with Crippen LogP contribution in [0.5, 0.6) is 0 Å². The molecule has 1 fully saturated rings. The molecule has 0 radical (unpaired) electrons. The van der Waals surface area contributed by atoms with Gasteiger partial charge in [-0.05, 0) is 44.9 Å². The first-order valence-corrected chi connectivity index (χ1v) is 9.16. The van der Waals surface area contributed by atoms with Crippen LogP contribution in [0.1, 0.15) is 31.4 Å². The van der Waals surface area contributed by atoms with Crippen LogP contribution in [0.3, 0.4) is 0 Å². The number of nitrogens with two attached hydrogens (primary N) is 1. The van der Waals surface area contributed by atoms with Crippen LogP contribution in [-0.2, 0) is 4.79 Å². The molecule has 7 nitrogen and oxygen atoms in total. The fourth-order valence-electron chi connectivity index (χ4n) is 3.52. The quantitative estimate of drug-likeness (QED) is 0.716. The van der Waals surface area contributed by atoms with Crippen molar-refractivity contribution in [2.24, 2.45) is 5.73 Å². The minimum absolute atomic E-state index is 0.0598. The van der Waals surface area contributed by atoms with E-state index in [2.05, 4.69) is 20.2 Å². The van der Waals surface area contributed by atoms with Gasteiger partial charge in [0.25, 0.3) is 0 Å². The van der Waals surface area contributed by atoms with Crippen LogP contribution in [0.25, 0.3) is 10.9 Å². The van der Waals surface area contributed by atoms with Gasteiger partial charge in [0.15, 0.2) is 0 Å². The minimum Gasteiger partial charge on any atom is -0.386 e. The normalized spacial score (nSPS) is 20.3. The number of hydrogen-bond acceptors (Lipinski definition) is 6. The zero-order chi connectivity index (χ0) is 18.6. The van der Waals surface area contributed by atoms with Gasteiger partial charge in [-0.25, -0.2) is 0 Å². The van der Waals surface area contributed by atoms with Crippen molar-refractivity contribution in [3.8, 4) is 0 Å². The lowest BCUT2D eigenvalue weighted by molar-refractivity contribution is -0.122. The number of fused-ring (bicyclic) bond motifs is 1. The van der Waals surface area contributed by atoms with Crippen LogP contribution in [0.4, 0.5) is 5.69 Å². The SMILES string of the molecule is Cc1cc(N2CCC[C@@](O)(CNC(=O)CCCN)C2)c2cnccc2n1. The summed E-state index contributed by atoms with van der Waals surface area (Å²) in [6.45, 7) is 4.05. The first-order valence-electron chi connectivity index (χ1n) is 9.16. The molecule has 140 valence electrons. The summed E-state index contributed by atoms with van der Waals surface area (Å²) in [4.78, 5) is 22.8. The predicted octanol–water partition coefficient (Wildman–Crippen LogP) is 1.12. The number of β-amino-alcohol motifs (C(OH)–C–C–N with tert-alkyl or cyclic N) is 1. The van der Waals surface area contributed by atoms with Crippen LogP contribution in [-0.4, -0.2) is 52.8 Å². The van der Waals surface area contributed by atoms with Crippen molar-refractivity contribution in [3.05, 3.63) is 30.2 Å². The number of nitrogens with zero attached hydrogens (tertiary/aromatic N) is 3. The third kappa shape index (κ3) is 4.28. The molecule has 2 aromatic heterocycles. The molecule has 0 unspecified atom stereocenters. The van der Waals surface area contributed by atoms with E-state index in [1.807, 2.05) is 25.3 Å². The fourth-order valence-corrected chi connectivity index (χ4v) is 3.52. The highest BCUT2D eigenvalue weighted by atomic mass is 16.3. The van der Waals surface area contributed by atoms with E-state index >= 15 is 0 Å². The molecule has 3 heterocycles. The highest BCUT2D eigenvalue weighted by Gasteiger charge is 2.34. The summed E-state index contributed by atoms with van der Waals surface area (Å²) in [6.07, 6.45) is 6.14. The van der Waals surface area contributed by atoms with Gasteiger partial charge in [-0.2, -0.15) is 0 Å². The van der Waals surface area contributed by atoms with E-state index in [0.717, 1.165) is 35.2 Å². The van der Waals surface area contributed by atoms with Crippen molar-refractivity contribution >= 4 is 22.5 Å². The first kappa shape index (κ1) is 18.5. The number of aryl methyl sites for hydroxylation is 1. The number of rotatable bonds is 6. The van der Waals surface area contributed by atoms with E-state index < -0.39 is 5.60 Å². The number of aliphatic hydroxyl groups is 1. The smallest absolute Gasteiger partial charge is 0.220 e. The molecule has 1 atom stereocenters. The summed E-state index contributed by atoms with van der Waals surface area (Å²) in [7, 11) is 0. The maximum atomic E-state index is 11.8. The standard InChI is InChI=1S/C19H27N5O2/c1-14-10-17(15-11-21-8-5-16(15)23-14)24-9-3-6-19(26,13-24)12-22-18(25)4-2-7-20/h5,8,10-11,26H,2-4,6-7,9,12-13,20H2,1H3,(H,22,25)/t19-/m1/s1. The van der Waals surface area contributed by atoms with Gasteiger partial charge in [-0.15, -0.1) is 0 Å². The Morgan fingerprint density at radius 3 is 3.15 bits per heavy atom. The second kappa shape index (κ2) is 7.97. The molecule has 1 amide bonds. The molecule has 26 heavy (non-hydrogen) atoms. The number of anilines is 1. The molecule has 2 aromatic rings. The first-order chi connectivity index (χ1) is 12.5. The van der Waals surface area contributed by atoms with Gasteiger partial charge < -0.3 is 21.1 Å². The van der Waals surface area contributed by atoms with Gasteiger partial charge in [-0.3, -0.25) is 14.8 Å². The Morgan fingerprint density at radius 1 is 1.50 bits per heavy atom. The van der Waals surface area contributed by atoms with E-state index in [1.165, 1.54) is 0 Å². The number of piperidine rings is 1. The van der Waals surface area contributed by atoms with Gasteiger partial charge in [-0.1, -0.05) is 0 Å². The zero-order valence-electron chi connectivity index (χ0n) is 15.2. The largest absolute Gasteiger partial charge is 0.386 e. The maximum absolute atomic E-state index is 11.8. The van der Waals surface area contributed by atoms with Crippen molar-refractivity contribution < 1.29 is 9.90 Å².